The van der Waals surface area contributed by atoms with Crippen LogP contribution in [0.2, 0.25) is 0 Å². The fraction of sp³-hybridized carbons (Fsp3) is 0.300. The van der Waals surface area contributed by atoms with Gasteiger partial charge in [0.15, 0.2) is 0 Å². The number of hydrogen-bond donors (Lipinski definition) is 0. The van der Waals surface area contributed by atoms with E-state index in [1.165, 1.54) is 19.1 Å². The summed E-state index contributed by atoms with van der Waals surface area (Å²) in [5.74, 6) is -1.19. The third-order valence-electron chi connectivity index (χ3n) is 4.74. The average Bonchev–Trinajstić information content (AvgIpc) is 2.94. The number of benzene rings is 1. The molecule has 0 spiro atoms. The third-order valence-corrected chi connectivity index (χ3v) is 4.74. The second-order valence-electron chi connectivity index (χ2n) is 6.47. The predicted molar refractivity (Wildman–Crippen MR) is 97.9 cm³/mol. The highest BCUT2D eigenvalue weighted by Gasteiger charge is 2.16. The van der Waals surface area contributed by atoms with E-state index >= 15 is 0 Å². The SMILES string of the molecule is CCN(C)C(=O)Cn1cc(C)c2ncc(-c3ccc(F)c(C)c3F)cc21. The number of halogens is 2. The summed E-state index contributed by atoms with van der Waals surface area (Å²) in [7, 11) is 1.75. The van der Waals surface area contributed by atoms with Crippen LogP contribution >= 0.6 is 0 Å². The second-order valence-corrected chi connectivity index (χ2v) is 6.47. The highest BCUT2D eigenvalue weighted by atomic mass is 19.1. The zero-order valence-electron chi connectivity index (χ0n) is 15.3. The van der Waals surface area contributed by atoms with Gasteiger partial charge in [0.1, 0.15) is 18.2 Å². The summed E-state index contributed by atoms with van der Waals surface area (Å²) in [5.41, 5.74) is 3.27. The second kappa shape index (κ2) is 6.86. The topological polar surface area (TPSA) is 38.1 Å². The molecule has 0 fully saturated rings. The van der Waals surface area contributed by atoms with Crippen molar-refractivity contribution in [2.45, 2.75) is 27.3 Å². The van der Waals surface area contributed by atoms with Crippen LogP contribution in [0.5, 0.6) is 0 Å². The van der Waals surface area contributed by atoms with E-state index < -0.39 is 11.6 Å². The lowest BCUT2D eigenvalue weighted by Crippen LogP contribution is -2.29. The van der Waals surface area contributed by atoms with Crippen molar-refractivity contribution in [3.63, 3.8) is 0 Å². The van der Waals surface area contributed by atoms with Gasteiger partial charge in [-0.1, -0.05) is 0 Å². The highest BCUT2D eigenvalue weighted by molar-refractivity contribution is 5.86. The van der Waals surface area contributed by atoms with Gasteiger partial charge in [0.05, 0.1) is 11.0 Å². The number of pyridine rings is 1. The molecule has 3 rings (SSSR count). The molecule has 0 aliphatic heterocycles. The minimum Gasteiger partial charge on any atom is -0.344 e. The molecule has 0 saturated carbocycles. The summed E-state index contributed by atoms with van der Waals surface area (Å²) in [6, 6.07) is 4.46. The molecular formula is C20H21F2N3O. The van der Waals surface area contributed by atoms with Crippen molar-refractivity contribution < 1.29 is 13.6 Å². The minimum atomic E-state index is -0.595. The molecule has 6 heteroatoms. The molecule has 26 heavy (non-hydrogen) atoms. The standard InChI is InChI=1S/C20H21F2N3O/c1-5-24(4)18(26)11-25-10-12(2)20-17(25)8-14(9-23-20)15-6-7-16(21)13(3)19(15)22/h6-10H,5,11H2,1-4H3. The Hall–Kier alpha value is -2.76. The summed E-state index contributed by atoms with van der Waals surface area (Å²) < 4.78 is 29.9. The molecule has 0 N–H and O–H groups in total. The van der Waals surface area contributed by atoms with Gasteiger partial charge in [-0.3, -0.25) is 9.78 Å². The first-order valence-electron chi connectivity index (χ1n) is 8.48. The number of amides is 1. The zero-order valence-corrected chi connectivity index (χ0v) is 15.3. The fourth-order valence-electron chi connectivity index (χ4n) is 2.95. The van der Waals surface area contributed by atoms with E-state index in [0.29, 0.717) is 17.7 Å². The number of carbonyl (C=O) groups is 1. The Morgan fingerprint density at radius 2 is 2.00 bits per heavy atom. The van der Waals surface area contributed by atoms with Crippen LogP contribution in [0.1, 0.15) is 18.1 Å². The quantitative estimate of drug-likeness (QED) is 0.706. The van der Waals surface area contributed by atoms with Crippen LogP contribution < -0.4 is 0 Å². The molecule has 0 atom stereocenters. The normalized spacial score (nSPS) is 11.2. The largest absolute Gasteiger partial charge is 0.344 e. The zero-order chi connectivity index (χ0) is 19.0. The number of hydrogen-bond acceptors (Lipinski definition) is 2. The van der Waals surface area contributed by atoms with Crippen LogP contribution in [-0.4, -0.2) is 34.0 Å². The van der Waals surface area contributed by atoms with Crippen molar-refractivity contribution in [1.82, 2.24) is 14.5 Å². The monoisotopic (exact) mass is 357 g/mol. The van der Waals surface area contributed by atoms with Gasteiger partial charge in [-0.15, -0.1) is 0 Å². The third kappa shape index (κ3) is 3.07. The highest BCUT2D eigenvalue weighted by Crippen LogP contribution is 2.29. The van der Waals surface area contributed by atoms with E-state index in [4.69, 9.17) is 0 Å². The number of rotatable bonds is 4. The Bertz CT molecular complexity index is 994. The van der Waals surface area contributed by atoms with Crippen LogP contribution in [0.25, 0.3) is 22.2 Å². The first kappa shape index (κ1) is 18.0. The van der Waals surface area contributed by atoms with Crippen LogP contribution in [0.3, 0.4) is 0 Å². The van der Waals surface area contributed by atoms with E-state index in [0.717, 1.165) is 16.6 Å². The maximum absolute atomic E-state index is 14.5. The Labute approximate surface area is 151 Å². The molecule has 2 aromatic heterocycles. The van der Waals surface area contributed by atoms with Crippen molar-refractivity contribution in [2.24, 2.45) is 0 Å². The lowest BCUT2D eigenvalue weighted by atomic mass is 10.0. The molecule has 3 aromatic rings. The predicted octanol–water partition coefficient (Wildman–Crippen LogP) is 4.08. The van der Waals surface area contributed by atoms with Gasteiger partial charge >= 0.3 is 0 Å². The molecule has 0 saturated heterocycles. The Morgan fingerprint density at radius 3 is 2.69 bits per heavy atom. The maximum atomic E-state index is 14.5. The van der Waals surface area contributed by atoms with E-state index in [2.05, 4.69) is 4.98 Å². The summed E-state index contributed by atoms with van der Waals surface area (Å²) in [6.45, 7) is 6.05. The van der Waals surface area contributed by atoms with E-state index in [9.17, 15) is 13.6 Å². The summed E-state index contributed by atoms with van der Waals surface area (Å²) in [6.07, 6.45) is 3.45. The van der Waals surface area contributed by atoms with Crippen LogP contribution in [0.4, 0.5) is 8.78 Å². The molecule has 0 aliphatic rings. The number of nitrogens with zero attached hydrogens (tertiary/aromatic N) is 3. The number of aryl methyl sites for hydroxylation is 1. The molecule has 0 radical (unpaired) electrons. The van der Waals surface area contributed by atoms with Gasteiger partial charge in [0.2, 0.25) is 5.91 Å². The van der Waals surface area contributed by atoms with Gasteiger partial charge in [-0.25, -0.2) is 8.78 Å². The van der Waals surface area contributed by atoms with Crippen molar-refractivity contribution >= 4 is 16.9 Å². The first-order chi connectivity index (χ1) is 12.3. The molecule has 0 bridgehead atoms. The smallest absolute Gasteiger partial charge is 0.242 e. The van der Waals surface area contributed by atoms with Crippen LogP contribution in [0.15, 0.2) is 30.6 Å². The van der Waals surface area contributed by atoms with Gasteiger partial charge in [-0.05, 0) is 44.5 Å². The molecule has 136 valence electrons. The van der Waals surface area contributed by atoms with Crippen molar-refractivity contribution in [3.05, 3.63) is 53.4 Å². The molecule has 2 heterocycles. The minimum absolute atomic E-state index is 0.0152. The summed E-state index contributed by atoms with van der Waals surface area (Å²) in [4.78, 5) is 18.3. The Kier molecular flexibility index (Phi) is 4.76. The van der Waals surface area contributed by atoms with Gasteiger partial charge in [0.25, 0.3) is 0 Å². The number of aromatic nitrogens is 2. The van der Waals surface area contributed by atoms with Gasteiger partial charge < -0.3 is 9.47 Å². The van der Waals surface area contributed by atoms with E-state index in [1.807, 2.05) is 24.6 Å². The molecule has 1 amide bonds. The lowest BCUT2D eigenvalue weighted by molar-refractivity contribution is -0.130. The molecule has 0 aliphatic carbocycles. The lowest BCUT2D eigenvalue weighted by Gasteiger charge is -2.15. The van der Waals surface area contributed by atoms with E-state index in [1.54, 1.807) is 24.2 Å². The summed E-state index contributed by atoms with van der Waals surface area (Å²) >= 11 is 0. The van der Waals surface area contributed by atoms with Gasteiger partial charge in [0, 0.05) is 42.7 Å². The Morgan fingerprint density at radius 1 is 1.27 bits per heavy atom. The molecular weight excluding hydrogens is 336 g/mol. The van der Waals surface area contributed by atoms with Crippen molar-refractivity contribution in [2.75, 3.05) is 13.6 Å². The average molecular weight is 357 g/mol. The summed E-state index contributed by atoms with van der Waals surface area (Å²) in [5, 5.41) is 0. The number of likely N-dealkylation sites (N-methyl/N-ethyl adjacent to an activating group) is 1. The fourth-order valence-corrected chi connectivity index (χ4v) is 2.95. The van der Waals surface area contributed by atoms with E-state index in [-0.39, 0.29) is 18.0 Å². The molecule has 4 nitrogen and oxygen atoms in total. The molecule has 1 aromatic carbocycles. The Balaban J connectivity index is 2.10. The first-order valence-corrected chi connectivity index (χ1v) is 8.48. The maximum Gasteiger partial charge on any atom is 0.242 e. The van der Waals surface area contributed by atoms with Gasteiger partial charge in [-0.2, -0.15) is 0 Å². The number of carbonyl (C=O) groups excluding carboxylic acids is 1. The van der Waals surface area contributed by atoms with Crippen molar-refractivity contribution in [3.8, 4) is 11.1 Å². The number of fused-ring (bicyclic) bond motifs is 1. The molecule has 0 unspecified atom stereocenters. The van der Waals surface area contributed by atoms with Crippen LogP contribution in [0, 0.1) is 25.5 Å². The van der Waals surface area contributed by atoms with Crippen LogP contribution in [-0.2, 0) is 11.3 Å². The van der Waals surface area contributed by atoms with Crippen molar-refractivity contribution in [1.29, 1.82) is 0 Å².